The molecule has 0 radical (unpaired) electrons. The second kappa shape index (κ2) is 5.43. The van der Waals surface area contributed by atoms with E-state index in [1.165, 1.54) is 6.92 Å². The highest BCUT2D eigenvalue weighted by Crippen LogP contribution is 2.36. The average Bonchev–Trinajstić information content (AvgIpc) is 2.30. The van der Waals surface area contributed by atoms with Crippen LogP contribution in [0.2, 0.25) is 10.0 Å². The molecule has 0 bridgehead atoms. The maximum Gasteiger partial charge on any atom is 0.151 e. The van der Waals surface area contributed by atoms with Gasteiger partial charge in [-0.25, -0.2) is 0 Å². The Kier molecular flexibility index (Phi) is 4.07. The van der Waals surface area contributed by atoms with E-state index in [2.05, 4.69) is 0 Å². The smallest absolute Gasteiger partial charge is 0.151 e. The molecule has 100 valence electrons. The molecule has 1 aromatic carbocycles. The first-order valence-corrected chi connectivity index (χ1v) is 6.66. The van der Waals surface area contributed by atoms with Crippen molar-refractivity contribution in [3.63, 3.8) is 0 Å². The normalized spacial score (nSPS) is 23.5. The number of carbonyl (C=O) groups excluding carboxylic acids is 3. The van der Waals surface area contributed by atoms with Crippen LogP contribution in [-0.2, 0) is 14.4 Å². The second-order valence-corrected chi connectivity index (χ2v) is 5.59. The van der Waals surface area contributed by atoms with Gasteiger partial charge in [-0.2, -0.15) is 0 Å². The maximum atomic E-state index is 11.9. The van der Waals surface area contributed by atoms with Crippen molar-refractivity contribution in [1.82, 2.24) is 0 Å². The van der Waals surface area contributed by atoms with E-state index in [1.54, 1.807) is 18.2 Å². The number of rotatable bonds is 2. The van der Waals surface area contributed by atoms with Crippen LogP contribution in [0, 0.1) is 5.92 Å². The quantitative estimate of drug-likeness (QED) is 0.788. The van der Waals surface area contributed by atoms with E-state index < -0.39 is 5.92 Å². The first-order chi connectivity index (χ1) is 8.90. The highest BCUT2D eigenvalue weighted by molar-refractivity contribution is 6.33. The van der Waals surface area contributed by atoms with E-state index in [-0.39, 0.29) is 36.1 Å². The molecule has 0 aliphatic heterocycles. The maximum absolute atomic E-state index is 11.9. The van der Waals surface area contributed by atoms with E-state index >= 15 is 0 Å². The van der Waals surface area contributed by atoms with Gasteiger partial charge in [0.05, 0.1) is 0 Å². The molecular weight excluding hydrogens is 287 g/mol. The topological polar surface area (TPSA) is 51.2 Å². The SMILES string of the molecule is CC(=O)C1C(=O)CC(c2cc(Cl)ccc2Cl)CC1=O. The summed E-state index contributed by atoms with van der Waals surface area (Å²) < 4.78 is 0. The van der Waals surface area contributed by atoms with Crippen molar-refractivity contribution >= 4 is 40.6 Å². The molecule has 0 aromatic heterocycles. The molecule has 5 heteroatoms. The second-order valence-electron chi connectivity index (χ2n) is 4.75. The minimum Gasteiger partial charge on any atom is -0.299 e. The van der Waals surface area contributed by atoms with Crippen LogP contribution in [0.25, 0.3) is 0 Å². The number of hydrogen-bond donors (Lipinski definition) is 0. The molecule has 0 heterocycles. The average molecular weight is 299 g/mol. The lowest BCUT2D eigenvalue weighted by Gasteiger charge is -2.25. The highest BCUT2D eigenvalue weighted by atomic mass is 35.5. The molecule has 0 atom stereocenters. The molecule has 0 unspecified atom stereocenters. The Balaban J connectivity index is 2.30. The van der Waals surface area contributed by atoms with Crippen LogP contribution in [0.1, 0.15) is 31.2 Å². The molecule has 1 fully saturated rings. The molecule has 1 aliphatic carbocycles. The summed E-state index contributed by atoms with van der Waals surface area (Å²) in [5.74, 6) is -2.42. The zero-order valence-electron chi connectivity index (χ0n) is 10.3. The van der Waals surface area contributed by atoms with E-state index in [0.29, 0.717) is 15.6 Å². The Morgan fingerprint density at radius 1 is 1.16 bits per heavy atom. The Labute approximate surface area is 120 Å². The Morgan fingerprint density at radius 3 is 2.26 bits per heavy atom. The van der Waals surface area contributed by atoms with E-state index in [9.17, 15) is 14.4 Å². The van der Waals surface area contributed by atoms with Gasteiger partial charge in [-0.3, -0.25) is 14.4 Å². The van der Waals surface area contributed by atoms with Crippen molar-refractivity contribution in [2.24, 2.45) is 5.92 Å². The van der Waals surface area contributed by atoms with Gasteiger partial charge in [0.15, 0.2) is 11.6 Å². The van der Waals surface area contributed by atoms with Crippen LogP contribution in [-0.4, -0.2) is 17.3 Å². The van der Waals surface area contributed by atoms with Crippen molar-refractivity contribution < 1.29 is 14.4 Å². The van der Waals surface area contributed by atoms with Gasteiger partial charge >= 0.3 is 0 Å². The number of halogens is 2. The Bertz CT molecular complexity index is 548. The van der Waals surface area contributed by atoms with Crippen molar-refractivity contribution in [3.05, 3.63) is 33.8 Å². The third-order valence-corrected chi connectivity index (χ3v) is 3.92. The van der Waals surface area contributed by atoms with Crippen LogP contribution in [0.4, 0.5) is 0 Å². The van der Waals surface area contributed by atoms with Crippen molar-refractivity contribution in [2.75, 3.05) is 0 Å². The molecule has 1 saturated carbocycles. The number of ketones is 3. The number of Topliss-reactive ketones (excluding diaryl/α,β-unsaturated/α-hetero) is 3. The summed E-state index contributed by atoms with van der Waals surface area (Å²) in [4.78, 5) is 35.1. The Hall–Kier alpha value is -1.19. The van der Waals surface area contributed by atoms with Crippen LogP contribution in [0.3, 0.4) is 0 Å². The molecular formula is C14H12Cl2O3. The molecule has 19 heavy (non-hydrogen) atoms. The van der Waals surface area contributed by atoms with Gasteiger partial charge in [-0.05, 0) is 36.6 Å². The summed E-state index contributed by atoms with van der Waals surface area (Å²) in [7, 11) is 0. The highest BCUT2D eigenvalue weighted by Gasteiger charge is 2.39. The molecule has 0 spiro atoms. The molecule has 3 nitrogen and oxygen atoms in total. The molecule has 2 rings (SSSR count). The zero-order chi connectivity index (χ0) is 14.2. The van der Waals surface area contributed by atoms with Crippen LogP contribution >= 0.6 is 23.2 Å². The van der Waals surface area contributed by atoms with E-state index in [4.69, 9.17) is 23.2 Å². The number of carbonyl (C=O) groups is 3. The van der Waals surface area contributed by atoms with Gasteiger partial charge < -0.3 is 0 Å². The standard InChI is InChI=1S/C14H12Cl2O3/c1-7(17)14-12(18)4-8(5-13(14)19)10-6-9(15)2-3-11(10)16/h2-3,6,8,14H,4-5H2,1H3. The lowest BCUT2D eigenvalue weighted by atomic mass is 9.75. The lowest BCUT2D eigenvalue weighted by molar-refractivity contribution is -0.141. The lowest BCUT2D eigenvalue weighted by Crippen LogP contribution is -2.37. The largest absolute Gasteiger partial charge is 0.299 e. The molecule has 0 saturated heterocycles. The van der Waals surface area contributed by atoms with Gasteiger partial charge in [-0.1, -0.05) is 23.2 Å². The van der Waals surface area contributed by atoms with Gasteiger partial charge in [0.2, 0.25) is 0 Å². The summed E-state index contributed by atoms with van der Waals surface area (Å²) in [6.45, 7) is 1.27. The first-order valence-electron chi connectivity index (χ1n) is 5.91. The number of hydrogen-bond acceptors (Lipinski definition) is 3. The molecule has 1 aromatic rings. The van der Waals surface area contributed by atoms with Gasteiger partial charge in [0, 0.05) is 22.9 Å². The third kappa shape index (κ3) is 2.88. The Morgan fingerprint density at radius 2 is 1.74 bits per heavy atom. The third-order valence-electron chi connectivity index (χ3n) is 3.34. The van der Waals surface area contributed by atoms with Crippen LogP contribution < -0.4 is 0 Å². The van der Waals surface area contributed by atoms with Crippen LogP contribution in [0.15, 0.2) is 18.2 Å². The van der Waals surface area contributed by atoms with Gasteiger partial charge in [0.1, 0.15) is 11.7 Å². The monoisotopic (exact) mass is 298 g/mol. The van der Waals surface area contributed by atoms with Crippen LogP contribution in [0.5, 0.6) is 0 Å². The summed E-state index contributed by atoms with van der Waals surface area (Å²) in [6, 6.07) is 4.96. The first kappa shape index (κ1) is 14.2. The van der Waals surface area contributed by atoms with E-state index in [0.717, 1.165) is 0 Å². The molecule has 0 N–H and O–H groups in total. The predicted octanol–water partition coefficient (Wildman–Crippen LogP) is 3.21. The summed E-state index contributed by atoms with van der Waals surface area (Å²) in [5, 5.41) is 0.990. The van der Waals surface area contributed by atoms with Crippen molar-refractivity contribution in [1.29, 1.82) is 0 Å². The fourth-order valence-corrected chi connectivity index (χ4v) is 2.93. The summed E-state index contributed by atoms with van der Waals surface area (Å²) >= 11 is 12.0. The summed E-state index contributed by atoms with van der Waals surface area (Å²) in [5.41, 5.74) is 0.692. The summed E-state index contributed by atoms with van der Waals surface area (Å²) in [6.07, 6.45) is 0.298. The fraction of sp³-hybridized carbons (Fsp3) is 0.357. The predicted molar refractivity (Wildman–Crippen MR) is 72.6 cm³/mol. The molecule has 1 aliphatic rings. The minimum atomic E-state index is -1.09. The van der Waals surface area contributed by atoms with Gasteiger partial charge in [-0.15, -0.1) is 0 Å². The van der Waals surface area contributed by atoms with E-state index in [1.807, 2.05) is 0 Å². The van der Waals surface area contributed by atoms with Crippen molar-refractivity contribution in [2.45, 2.75) is 25.7 Å². The molecule has 0 amide bonds. The number of benzene rings is 1. The minimum absolute atomic E-state index is 0.149. The zero-order valence-corrected chi connectivity index (χ0v) is 11.8. The van der Waals surface area contributed by atoms with Gasteiger partial charge in [0.25, 0.3) is 0 Å². The fourth-order valence-electron chi connectivity index (χ4n) is 2.47. The van der Waals surface area contributed by atoms with Crippen molar-refractivity contribution in [3.8, 4) is 0 Å².